The van der Waals surface area contributed by atoms with E-state index < -0.39 is 6.10 Å². The van der Waals surface area contributed by atoms with Crippen molar-refractivity contribution in [2.45, 2.75) is 20.0 Å². The zero-order chi connectivity index (χ0) is 22.9. The lowest BCUT2D eigenvalue weighted by Gasteiger charge is -2.37. The molecular weight excluding hydrogens is 444 g/mol. The molecule has 1 fully saturated rings. The Hall–Kier alpha value is -3.40. The fourth-order valence-electron chi connectivity index (χ4n) is 4.00. The fourth-order valence-corrected chi connectivity index (χ4v) is 4.99. The van der Waals surface area contributed by atoms with Crippen LogP contribution in [-0.2, 0) is 9.59 Å². The first-order chi connectivity index (χ1) is 16.0. The summed E-state index contributed by atoms with van der Waals surface area (Å²) in [5.41, 5.74) is 1.07. The van der Waals surface area contributed by atoms with E-state index in [9.17, 15) is 9.59 Å². The van der Waals surface area contributed by atoms with Gasteiger partial charge in [0.05, 0.1) is 5.39 Å². The molecule has 1 aromatic carbocycles. The van der Waals surface area contributed by atoms with Crippen molar-refractivity contribution in [3.8, 4) is 17.4 Å². The van der Waals surface area contributed by atoms with Crippen molar-refractivity contribution in [3.05, 3.63) is 41.0 Å². The van der Waals surface area contributed by atoms with Crippen LogP contribution in [-0.4, -0.2) is 77.1 Å². The molecule has 0 unspecified atom stereocenters. The third kappa shape index (κ3) is 4.18. The molecule has 2 aliphatic rings. The minimum atomic E-state index is -0.678. The number of para-hydroxylation sites is 2. The van der Waals surface area contributed by atoms with Gasteiger partial charge in [0.2, 0.25) is 12.0 Å². The molecule has 10 heteroatoms. The zero-order valence-electron chi connectivity index (χ0n) is 18.4. The van der Waals surface area contributed by atoms with E-state index in [1.807, 2.05) is 32.0 Å². The van der Waals surface area contributed by atoms with Crippen LogP contribution < -0.4 is 14.2 Å². The van der Waals surface area contributed by atoms with Gasteiger partial charge in [-0.25, -0.2) is 9.97 Å². The van der Waals surface area contributed by atoms with Crippen molar-refractivity contribution in [1.29, 1.82) is 0 Å². The third-order valence-corrected chi connectivity index (χ3v) is 7.11. The van der Waals surface area contributed by atoms with Crippen LogP contribution in [0, 0.1) is 13.8 Å². The first kappa shape index (κ1) is 21.4. The number of aryl methyl sites for hydroxylation is 2. The van der Waals surface area contributed by atoms with Crippen molar-refractivity contribution in [3.63, 3.8) is 0 Å². The Bertz CT molecular complexity index is 1200. The number of nitrogens with zero attached hydrogens (tertiary/aromatic N) is 4. The van der Waals surface area contributed by atoms with Gasteiger partial charge in [0.15, 0.2) is 18.1 Å². The van der Waals surface area contributed by atoms with Gasteiger partial charge >= 0.3 is 0 Å². The molecule has 172 valence electrons. The normalized spacial score (nSPS) is 17.8. The predicted molar refractivity (Wildman–Crippen MR) is 122 cm³/mol. The number of piperazine rings is 1. The maximum Gasteiger partial charge on any atom is 0.267 e. The van der Waals surface area contributed by atoms with E-state index >= 15 is 0 Å². The Kier molecular flexibility index (Phi) is 5.76. The van der Waals surface area contributed by atoms with Crippen molar-refractivity contribution in [2.75, 3.05) is 39.4 Å². The molecule has 5 rings (SSSR count). The Morgan fingerprint density at radius 2 is 1.82 bits per heavy atom. The number of thiophene rings is 1. The average molecular weight is 469 g/mol. The quantitative estimate of drug-likeness (QED) is 0.579. The van der Waals surface area contributed by atoms with Crippen LogP contribution in [0.5, 0.6) is 17.4 Å². The SMILES string of the molecule is Cc1sc2ncnc(OCC(=O)N3CCN(C(=O)[C@H]4COc5ccccc5O4)CC3)c2c1C. The highest BCUT2D eigenvalue weighted by Gasteiger charge is 2.33. The molecule has 0 saturated carbocycles. The Labute approximate surface area is 194 Å². The van der Waals surface area contributed by atoms with Crippen LogP contribution in [0.3, 0.4) is 0 Å². The maximum absolute atomic E-state index is 12.9. The number of rotatable bonds is 4. The molecule has 0 N–H and O–H groups in total. The van der Waals surface area contributed by atoms with Gasteiger partial charge in [-0.2, -0.15) is 0 Å². The number of hydrogen-bond donors (Lipinski definition) is 0. The Balaban J connectivity index is 1.15. The number of hydrogen-bond acceptors (Lipinski definition) is 8. The monoisotopic (exact) mass is 468 g/mol. The summed E-state index contributed by atoms with van der Waals surface area (Å²) in [6.45, 7) is 5.85. The number of benzene rings is 1. The van der Waals surface area contributed by atoms with Crippen molar-refractivity contribution >= 4 is 33.4 Å². The molecule has 0 bridgehead atoms. The Morgan fingerprint density at radius 3 is 2.61 bits per heavy atom. The maximum atomic E-state index is 12.9. The van der Waals surface area contributed by atoms with Crippen LogP contribution >= 0.6 is 11.3 Å². The number of aromatic nitrogens is 2. The number of amides is 2. The van der Waals surface area contributed by atoms with Gasteiger partial charge in [-0.1, -0.05) is 12.1 Å². The van der Waals surface area contributed by atoms with E-state index in [1.165, 1.54) is 6.33 Å². The average Bonchev–Trinajstić information content (AvgIpc) is 3.15. The van der Waals surface area contributed by atoms with Crippen molar-refractivity contribution in [1.82, 2.24) is 19.8 Å². The van der Waals surface area contributed by atoms with Crippen LogP contribution in [0.15, 0.2) is 30.6 Å². The lowest BCUT2D eigenvalue weighted by atomic mass is 10.2. The molecule has 3 aromatic rings. The molecule has 33 heavy (non-hydrogen) atoms. The zero-order valence-corrected chi connectivity index (χ0v) is 19.3. The van der Waals surface area contributed by atoms with Gasteiger partial charge in [0.25, 0.3) is 11.8 Å². The van der Waals surface area contributed by atoms with Crippen LogP contribution in [0.4, 0.5) is 0 Å². The van der Waals surface area contributed by atoms with E-state index in [2.05, 4.69) is 9.97 Å². The fraction of sp³-hybridized carbons (Fsp3) is 0.391. The van der Waals surface area contributed by atoms with E-state index in [1.54, 1.807) is 27.2 Å². The molecule has 0 radical (unpaired) electrons. The summed E-state index contributed by atoms with van der Waals surface area (Å²) in [6.07, 6.45) is 0.778. The second kappa shape index (κ2) is 8.86. The lowest BCUT2D eigenvalue weighted by molar-refractivity contribution is -0.146. The smallest absolute Gasteiger partial charge is 0.267 e. The summed E-state index contributed by atoms with van der Waals surface area (Å²) in [5, 5.41) is 0.861. The molecule has 0 spiro atoms. The minimum absolute atomic E-state index is 0.106. The number of ether oxygens (including phenoxy) is 3. The summed E-state index contributed by atoms with van der Waals surface area (Å²) in [7, 11) is 0. The first-order valence-corrected chi connectivity index (χ1v) is 11.6. The number of carbonyl (C=O) groups excluding carboxylic acids is 2. The predicted octanol–water partition coefficient (Wildman–Crippen LogP) is 2.20. The highest BCUT2D eigenvalue weighted by Crippen LogP contribution is 2.34. The highest BCUT2D eigenvalue weighted by molar-refractivity contribution is 7.18. The Morgan fingerprint density at radius 1 is 1.09 bits per heavy atom. The second-order valence-corrected chi connectivity index (χ2v) is 9.20. The van der Waals surface area contributed by atoms with Crippen LogP contribution in [0.1, 0.15) is 10.4 Å². The van der Waals surface area contributed by atoms with E-state index in [0.29, 0.717) is 43.6 Å². The third-order valence-electron chi connectivity index (χ3n) is 5.99. The molecule has 2 aliphatic heterocycles. The van der Waals surface area contributed by atoms with Gasteiger partial charge in [-0.15, -0.1) is 11.3 Å². The molecule has 2 amide bonds. The second-order valence-electron chi connectivity index (χ2n) is 8.00. The van der Waals surface area contributed by atoms with Gasteiger partial charge in [0.1, 0.15) is 17.8 Å². The highest BCUT2D eigenvalue weighted by atomic mass is 32.1. The number of fused-ring (bicyclic) bond motifs is 2. The molecule has 9 nitrogen and oxygen atoms in total. The summed E-state index contributed by atoms with van der Waals surface area (Å²) in [5.74, 6) is 1.39. The molecule has 4 heterocycles. The molecule has 1 atom stereocenters. The minimum Gasteiger partial charge on any atom is -0.485 e. The number of carbonyl (C=O) groups is 2. The van der Waals surface area contributed by atoms with Gasteiger partial charge < -0.3 is 24.0 Å². The topological polar surface area (TPSA) is 94.1 Å². The van der Waals surface area contributed by atoms with Crippen molar-refractivity contribution < 1.29 is 23.8 Å². The standard InChI is InChI=1S/C23H24N4O5S/c1-14-15(2)33-22-20(14)21(24-13-25-22)31-12-19(28)26-7-9-27(10-8-26)23(29)18-11-30-16-5-3-4-6-17(16)32-18/h3-6,13,18H,7-12H2,1-2H3/t18-/m1/s1. The summed E-state index contributed by atoms with van der Waals surface area (Å²) < 4.78 is 17.3. The summed E-state index contributed by atoms with van der Waals surface area (Å²) in [4.78, 5) is 39.6. The van der Waals surface area contributed by atoms with E-state index in [4.69, 9.17) is 14.2 Å². The largest absolute Gasteiger partial charge is 0.485 e. The van der Waals surface area contributed by atoms with Gasteiger partial charge in [-0.3, -0.25) is 9.59 Å². The van der Waals surface area contributed by atoms with E-state index in [-0.39, 0.29) is 25.0 Å². The van der Waals surface area contributed by atoms with Gasteiger partial charge in [-0.05, 0) is 31.5 Å². The molecule has 1 saturated heterocycles. The van der Waals surface area contributed by atoms with Crippen molar-refractivity contribution in [2.24, 2.45) is 0 Å². The summed E-state index contributed by atoms with van der Waals surface area (Å²) in [6, 6.07) is 7.31. The van der Waals surface area contributed by atoms with Crippen LogP contribution in [0.2, 0.25) is 0 Å². The molecule has 2 aromatic heterocycles. The molecule has 0 aliphatic carbocycles. The summed E-state index contributed by atoms with van der Waals surface area (Å²) >= 11 is 1.58. The lowest BCUT2D eigenvalue weighted by Crippen LogP contribution is -2.55. The van der Waals surface area contributed by atoms with Gasteiger partial charge in [0, 0.05) is 31.1 Å². The van der Waals surface area contributed by atoms with E-state index in [0.717, 1.165) is 20.7 Å². The van der Waals surface area contributed by atoms with Crippen LogP contribution in [0.25, 0.3) is 10.2 Å². The first-order valence-electron chi connectivity index (χ1n) is 10.8. The molecular formula is C23H24N4O5S.